The number of pyridine rings is 1. The molecule has 6 heteroatoms. The average Bonchev–Trinajstić information content (AvgIpc) is 3.73. The molecule has 5 aromatic carbocycles. The smallest absolute Gasteiger partial charge is 0.120 e. The number of rotatable bonds is 6. The number of furan rings is 1. The van der Waals surface area contributed by atoms with Crippen LogP contribution in [0.5, 0.6) is 0 Å². The first-order valence-corrected chi connectivity index (χ1v) is 21.1. The fourth-order valence-electron chi connectivity index (χ4n) is 6.67. The number of fused-ring (bicyclic) bond motifs is 4. The maximum absolute atomic E-state index is 7.23. The Morgan fingerprint density at radius 2 is 1.52 bits per heavy atom. The Morgan fingerprint density at radius 1 is 0.769 bits per heavy atom. The second-order valence-corrected chi connectivity index (χ2v) is 19.8. The molecule has 1 radical (unpaired) electrons. The molecule has 52 heavy (non-hydrogen) atoms. The fourth-order valence-corrected chi connectivity index (χ4v) is 7.82. The number of para-hydroxylation sites is 3. The van der Waals surface area contributed by atoms with Crippen molar-refractivity contribution in [3.05, 3.63) is 144 Å². The third-order valence-corrected chi connectivity index (χ3v) is 11.4. The van der Waals surface area contributed by atoms with Crippen molar-refractivity contribution in [2.45, 2.75) is 66.0 Å². The Bertz CT molecular complexity index is 2560. The number of hydrogen-bond acceptors (Lipinski definition) is 3. The number of benzene rings is 5. The van der Waals surface area contributed by atoms with Crippen molar-refractivity contribution in [3.8, 4) is 28.3 Å². The van der Waals surface area contributed by atoms with Gasteiger partial charge in [-0.1, -0.05) is 118 Å². The number of aromatic nitrogens is 3. The summed E-state index contributed by atoms with van der Waals surface area (Å²) >= 11 is 0. The topological polar surface area (TPSA) is 43.9 Å². The zero-order valence-corrected chi connectivity index (χ0v) is 34.1. The van der Waals surface area contributed by atoms with Gasteiger partial charge in [-0.25, -0.2) is 0 Å². The van der Waals surface area contributed by atoms with Crippen molar-refractivity contribution in [1.29, 1.82) is 0 Å². The normalized spacial score (nSPS) is 12.8. The molecule has 0 aliphatic carbocycles. The van der Waals surface area contributed by atoms with Crippen LogP contribution in [0, 0.1) is 19.0 Å². The Kier molecular flexibility index (Phi) is 9.69. The van der Waals surface area contributed by atoms with Gasteiger partial charge in [-0.15, -0.1) is 54.1 Å². The molecule has 0 unspecified atom stereocenters. The van der Waals surface area contributed by atoms with E-state index in [-0.39, 0.29) is 25.7 Å². The molecule has 0 N–H and O–H groups in total. The summed E-state index contributed by atoms with van der Waals surface area (Å²) < 4.78 is 30.7. The third kappa shape index (κ3) is 7.21. The number of imidazole rings is 1. The summed E-state index contributed by atoms with van der Waals surface area (Å²) in [6.07, 6.45) is 1.39. The van der Waals surface area contributed by atoms with E-state index in [0.717, 1.165) is 55.6 Å². The Labute approximate surface area is 326 Å². The predicted octanol–water partition coefficient (Wildman–Crippen LogP) is 12.0. The van der Waals surface area contributed by atoms with Gasteiger partial charge in [0, 0.05) is 41.5 Å². The quantitative estimate of drug-likeness (QED) is 0.123. The molecule has 0 atom stereocenters. The summed E-state index contributed by atoms with van der Waals surface area (Å²) in [6.45, 7) is 14.1. The summed E-state index contributed by atoms with van der Waals surface area (Å²) in [5.74, 6) is 1.60. The molecule has 8 rings (SSSR count). The average molecular weight is 879 g/mol. The number of nitrogens with zero attached hydrogens (tertiary/aromatic N) is 3. The van der Waals surface area contributed by atoms with Gasteiger partial charge in [-0.2, -0.15) is 0 Å². The van der Waals surface area contributed by atoms with E-state index in [9.17, 15) is 0 Å². The monoisotopic (exact) mass is 879 g/mol. The first-order chi connectivity index (χ1) is 25.7. The van der Waals surface area contributed by atoms with E-state index in [0.29, 0.717) is 11.8 Å². The van der Waals surface area contributed by atoms with Crippen molar-refractivity contribution in [2.75, 3.05) is 0 Å². The van der Waals surface area contributed by atoms with Gasteiger partial charge in [0.1, 0.15) is 5.58 Å². The minimum Gasteiger partial charge on any atom is -0.501 e. The van der Waals surface area contributed by atoms with Crippen LogP contribution in [0.15, 0.2) is 120 Å². The third-order valence-electron chi connectivity index (χ3n) is 9.40. The summed E-state index contributed by atoms with van der Waals surface area (Å²) in [6, 6.07) is 43.3. The van der Waals surface area contributed by atoms with Gasteiger partial charge in [0.15, 0.2) is 0 Å². The molecular formula is C46H45IrN3OSi-2. The molecule has 0 amide bonds. The molecule has 0 aliphatic rings. The standard InChI is InChI=1S/C34H35N2OSi.C12H10N.Ir/c1-21(2)24-12-10-13-25(22(3)4)32(24)36-30-17-9-8-16-29(30)35-34(36)28-15-11-14-27-26-19-18-23(38(5,6)7)20-31(26)37-33(27)28;1-10-7-8-12(13-9-10)11-5-3-2-4-6-11;/h8-14,16-22H,1-7H3;2-5,7-9H,1H3;/q2*-1;/i;1D3;. The largest absolute Gasteiger partial charge is 0.501 e. The van der Waals surface area contributed by atoms with E-state index >= 15 is 0 Å². The van der Waals surface area contributed by atoms with Gasteiger partial charge in [0.25, 0.3) is 0 Å². The van der Waals surface area contributed by atoms with Crippen LogP contribution in [0.3, 0.4) is 0 Å². The molecule has 3 heterocycles. The molecule has 0 aliphatic heterocycles. The van der Waals surface area contributed by atoms with Crippen LogP contribution in [0.1, 0.15) is 60.3 Å². The molecular weight excluding hydrogens is 831 g/mol. The predicted molar refractivity (Wildman–Crippen MR) is 217 cm³/mol. The molecule has 4 nitrogen and oxygen atoms in total. The van der Waals surface area contributed by atoms with E-state index < -0.39 is 14.9 Å². The van der Waals surface area contributed by atoms with Crippen LogP contribution < -0.4 is 5.19 Å². The molecule has 0 spiro atoms. The summed E-state index contributed by atoms with van der Waals surface area (Å²) in [7, 11) is -1.47. The summed E-state index contributed by atoms with van der Waals surface area (Å²) in [5.41, 5.74) is 10.5. The van der Waals surface area contributed by atoms with Crippen LogP contribution in [0.2, 0.25) is 19.6 Å². The van der Waals surface area contributed by atoms with Crippen LogP contribution in [0.25, 0.3) is 61.3 Å². The Balaban J connectivity index is 0.000000254. The minimum absolute atomic E-state index is 0. The minimum atomic E-state index is -2.09. The second-order valence-electron chi connectivity index (χ2n) is 14.7. The summed E-state index contributed by atoms with van der Waals surface area (Å²) in [4.78, 5) is 9.34. The van der Waals surface area contributed by atoms with Gasteiger partial charge in [-0.3, -0.25) is 4.98 Å². The number of hydrogen-bond donors (Lipinski definition) is 0. The molecule has 0 saturated heterocycles. The molecule has 0 bridgehead atoms. The van der Waals surface area contributed by atoms with Crippen LogP contribution in [0.4, 0.5) is 0 Å². The van der Waals surface area contributed by atoms with E-state index in [4.69, 9.17) is 13.5 Å². The van der Waals surface area contributed by atoms with Crippen molar-refractivity contribution in [3.63, 3.8) is 0 Å². The van der Waals surface area contributed by atoms with Crippen molar-refractivity contribution in [1.82, 2.24) is 14.5 Å². The second kappa shape index (κ2) is 15.2. The molecule has 0 fully saturated rings. The van der Waals surface area contributed by atoms with E-state index in [1.165, 1.54) is 28.2 Å². The summed E-state index contributed by atoms with van der Waals surface area (Å²) in [5, 5.41) is 3.65. The van der Waals surface area contributed by atoms with Gasteiger partial charge < -0.3 is 14.0 Å². The van der Waals surface area contributed by atoms with E-state index in [2.05, 4.69) is 136 Å². The first kappa shape index (κ1) is 33.2. The van der Waals surface area contributed by atoms with Crippen LogP contribution >= 0.6 is 0 Å². The molecule has 265 valence electrons. The maximum Gasteiger partial charge on any atom is 0.120 e. The SMILES string of the molecule is CC(C)c1cccc(C(C)C)c1-n1c(-c2[c-]ccc3c2oc2cc([Si](C)(C)C)ccc23)nc2ccccc21.[2H]C([2H])([2H])c1ccc(-c2[c-]cccc2)nc1.[Ir]. The van der Waals surface area contributed by atoms with E-state index in [1.807, 2.05) is 24.3 Å². The van der Waals surface area contributed by atoms with E-state index in [1.54, 1.807) is 18.2 Å². The molecule has 0 saturated carbocycles. The first-order valence-electron chi connectivity index (χ1n) is 19.1. The van der Waals surface area contributed by atoms with Crippen molar-refractivity contribution in [2.24, 2.45) is 0 Å². The van der Waals surface area contributed by atoms with Crippen LogP contribution in [-0.2, 0) is 20.1 Å². The zero-order chi connectivity index (χ0) is 38.4. The van der Waals surface area contributed by atoms with Crippen molar-refractivity contribution < 1.29 is 28.6 Å². The Hall–Kier alpha value is -4.61. The fraction of sp³-hybridized carbons (Fsp3) is 0.217. The molecule has 3 aromatic heterocycles. The maximum atomic E-state index is 7.23. The van der Waals surface area contributed by atoms with Crippen molar-refractivity contribution >= 4 is 46.2 Å². The Morgan fingerprint density at radius 3 is 2.17 bits per heavy atom. The van der Waals surface area contributed by atoms with Gasteiger partial charge in [0.05, 0.1) is 30.5 Å². The van der Waals surface area contributed by atoms with Crippen LogP contribution in [-0.4, -0.2) is 22.6 Å². The number of aryl methyl sites for hydroxylation is 1. The van der Waals surface area contributed by atoms with Gasteiger partial charge in [-0.05, 0) is 59.3 Å². The van der Waals surface area contributed by atoms with Gasteiger partial charge in [0.2, 0.25) is 0 Å². The van der Waals surface area contributed by atoms with Gasteiger partial charge >= 0.3 is 0 Å². The zero-order valence-electron chi connectivity index (χ0n) is 33.7. The molecule has 8 aromatic rings.